The van der Waals surface area contributed by atoms with Gasteiger partial charge in [0.2, 0.25) is 0 Å². The Labute approximate surface area is 123 Å². The number of carbonyl (C=O) groups is 1. The van der Waals surface area contributed by atoms with Crippen LogP contribution in [0.1, 0.15) is 35.7 Å². The molecule has 1 heterocycles. The average Bonchev–Trinajstić information content (AvgIpc) is 2.37. The van der Waals surface area contributed by atoms with Crippen LogP contribution in [0.25, 0.3) is 0 Å². The van der Waals surface area contributed by atoms with E-state index in [4.69, 9.17) is 0 Å². The van der Waals surface area contributed by atoms with Crippen LogP contribution in [0.4, 0.5) is 0 Å². The first-order valence-corrected chi connectivity index (χ1v) is 7.54. The molecule has 2 atom stereocenters. The van der Waals surface area contributed by atoms with Crippen LogP contribution in [-0.2, 0) is 0 Å². The summed E-state index contributed by atoms with van der Waals surface area (Å²) in [6, 6.07) is 6.57. The zero-order valence-corrected chi connectivity index (χ0v) is 13.3. The maximum atomic E-state index is 12.3. The van der Waals surface area contributed by atoms with Crippen molar-refractivity contribution in [2.75, 3.05) is 13.6 Å². The molecule has 2 unspecified atom stereocenters. The fourth-order valence-electron chi connectivity index (χ4n) is 2.54. The van der Waals surface area contributed by atoms with Gasteiger partial charge in [0.1, 0.15) is 0 Å². The van der Waals surface area contributed by atoms with Crippen LogP contribution in [0.5, 0.6) is 0 Å². The van der Waals surface area contributed by atoms with Crippen molar-refractivity contribution in [3.8, 4) is 0 Å². The number of halogens is 1. The van der Waals surface area contributed by atoms with Crippen molar-refractivity contribution < 1.29 is 4.79 Å². The second-order valence-electron chi connectivity index (χ2n) is 5.44. The van der Waals surface area contributed by atoms with Gasteiger partial charge in [0.05, 0.1) is 0 Å². The van der Waals surface area contributed by atoms with Crippen LogP contribution in [0.15, 0.2) is 22.7 Å². The highest BCUT2D eigenvalue weighted by molar-refractivity contribution is 9.10. The summed E-state index contributed by atoms with van der Waals surface area (Å²) in [5.41, 5.74) is 1.77. The summed E-state index contributed by atoms with van der Waals surface area (Å²) < 4.78 is 0.983. The molecule has 4 heteroatoms. The Morgan fingerprint density at radius 1 is 1.47 bits per heavy atom. The van der Waals surface area contributed by atoms with Crippen LogP contribution >= 0.6 is 15.9 Å². The van der Waals surface area contributed by atoms with E-state index >= 15 is 0 Å². The molecule has 0 bridgehead atoms. The number of benzene rings is 1. The van der Waals surface area contributed by atoms with E-state index in [9.17, 15) is 4.79 Å². The lowest BCUT2D eigenvalue weighted by Crippen LogP contribution is -2.47. The molecule has 0 aliphatic carbocycles. The van der Waals surface area contributed by atoms with Crippen molar-refractivity contribution in [1.29, 1.82) is 0 Å². The Balaban J connectivity index is 2.03. The zero-order valence-electron chi connectivity index (χ0n) is 11.7. The maximum Gasteiger partial charge on any atom is 0.251 e. The summed E-state index contributed by atoms with van der Waals surface area (Å²) in [5.74, 6) is 0.0422. The molecule has 19 heavy (non-hydrogen) atoms. The molecule has 1 aromatic carbocycles. The Bertz CT molecular complexity index is 475. The van der Waals surface area contributed by atoms with Crippen molar-refractivity contribution in [3.05, 3.63) is 33.8 Å². The molecule has 1 aliphatic heterocycles. The Morgan fingerprint density at radius 3 is 2.89 bits per heavy atom. The molecule has 104 valence electrons. The molecule has 1 saturated heterocycles. The molecular formula is C15H21BrN2O. The zero-order chi connectivity index (χ0) is 14.0. The molecule has 0 radical (unpaired) electrons. The largest absolute Gasteiger partial charge is 0.349 e. The number of nitrogens with one attached hydrogen (secondary N) is 1. The number of likely N-dealkylation sites (tertiary alicyclic amines) is 1. The molecular weight excluding hydrogens is 304 g/mol. The normalized spacial score (nSPS) is 24.2. The number of carbonyl (C=O) groups excluding carboxylic acids is 1. The molecule has 0 saturated carbocycles. The quantitative estimate of drug-likeness (QED) is 0.907. The summed E-state index contributed by atoms with van der Waals surface area (Å²) in [5, 5.41) is 3.17. The fraction of sp³-hybridized carbons (Fsp3) is 0.533. The highest BCUT2D eigenvalue weighted by Gasteiger charge is 2.24. The van der Waals surface area contributed by atoms with Gasteiger partial charge in [0, 0.05) is 28.7 Å². The van der Waals surface area contributed by atoms with E-state index in [1.54, 1.807) is 0 Å². The Kier molecular flexibility index (Phi) is 4.63. The summed E-state index contributed by atoms with van der Waals surface area (Å²) in [4.78, 5) is 14.7. The van der Waals surface area contributed by atoms with Gasteiger partial charge in [-0.25, -0.2) is 0 Å². The Hall–Kier alpha value is -0.870. The molecule has 1 fully saturated rings. The first-order chi connectivity index (χ1) is 8.99. The number of rotatable bonds is 2. The molecule has 0 spiro atoms. The van der Waals surface area contributed by atoms with Crippen LogP contribution in [0.2, 0.25) is 0 Å². The molecule has 2 rings (SSSR count). The van der Waals surface area contributed by atoms with Crippen molar-refractivity contribution in [1.82, 2.24) is 10.2 Å². The molecule has 1 N–H and O–H groups in total. The minimum atomic E-state index is 0.0422. The summed E-state index contributed by atoms with van der Waals surface area (Å²) >= 11 is 3.47. The van der Waals surface area contributed by atoms with Crippen LogP contribution in [0, 0.1) is 6.92 Å². The highest BCUT2D eigenvalue weighted by atomic mass is 79.9. The van der Waals surface area contributed by atoms with E-state index in [-0.39, 0.29) is 11.9 Å². The second kappa shape index (κ2) is 6.06. The number of hydrogen-bond acceptors (Lipinski definition) is 2. The lowest BCUT2D eigenvalue weighted by molar-refractivity contribution is 0.0896. The van der Waals surface area contributed by atoms with Crippen LogP contribution in [-0.4, -0.2) is 36.5 Å². The van der Waals surface area contributed by atoms with Gasteiger partial charge in [0.25, 0.3) is 5.91 Å². The third kappa shape index (κ3) is 3.37. The van der Waals surface area contributed by atoms with E-state index in [2.05, 4.69) is 40.1 Å². The van der Waals surface area contributed by atoms with Crippen molar-refractivity contribution >= 4 is 21.8 Å². The first-order valence-electron chi connectivity index (χ1n) is 6.75. The second-order valence-corrected chi connectivity index (χ2v) is 6.29. The molecule has 0 aromatic heterocycles. The van der Waals surface area contributed by atoms with E-state index in [1.807, 2.05) is 25.1 Å². The van der Waals surface area contributed by atoms with Gasteiger partial charge in [-0.15, -0.1) is 0 Å². The summed E-state index contributed by atoms with van der Waals surface area (Å²) in [6.07, 6.45) is 2.05. The van der Waals surface area contributed by atoms with Crippen molar-refractivity contribution in [3.63, 3.8) is 0 Å². The molecule has 3 nitrogen and oxygen atoms in total. The highest BCUT2D eigenvalue weighted by Crippen LogP contribution is 2.20. The third-order valence-corrected chi connectivity index (χ3v) is 4.91. The number of amides is 1. The number of nitrogens with zero attached hydrogens (tertiary/aromatic N) is 1. The van der Waals surface area contributed by atoms with Gasteiger partial charge in [-0.1, -0.05) is 22.0 Å². The SMILES string of the molecule is Cc1c(Br)cccc1C(=O)NC1CCN(C)C(C)C1. The van der Waals surface area contributed by atoms with Crippen LogP contribution < -0.4 is 5.32 Å². The van der Waals surface area contributed by atoms with E-state index < -0.39 is 0 Å². The first kappa shape index (κ1) is 14.5. The van der Waals surface area contributed by atoms with Crippen LogP contribution in [0.3, 0.4) is 0 Å². The predicted octanol–water partition coefficient (Wildman–Crippen LogP) is 2.97. The van der Waals surface area contributed by atoms with Crippen molar-refractivity contribution in [2.24, 2.45) is 0 Å². The topological polar surface area (TPSA) is 32.3 Å². The van der Waals surface area contributed by atoms with Gasteiger partial charge in [-0.3, -0.25) is 4.79 Å². The van der Waals surface area contributed by atoms with Gasteiger partial charge in [-0.2, -0.15) is 0 Å². The standard InChI is InChI=1S/C15H21BrN2O/c1-10-9-12(7-8-18(10)3)17-15(19)13-5-4-6-14(16)11(13)2/h4-6,10,12H,7-9H2,1-3H3,(H,17,19). The Morgan fingerprint density at radius 2 is 2.21 bits per heavy atom. The monoisotopic (exact) mass is 324 g/mol. The lowest BCUT2D eigenvalue weighted by Gasteiger charge is -2.35. The van der Waals surface area contributed by atoms with Gasteiger partial charge in [0.15, 0.2) is 0 Å². The van der Waals surface area contributed by atoms with Gasteiger partial charge in [-0.05, 0) is 51.4 Å². The van der Waals surface area contributed by atoms with E-state index in [0.29, 0.717) is 6.04 Å². The third-order valence-electron chi connectivity index (χ3n) is 4.06. The smallest absolute Gasteiger partial charge is 0.251 e. The lowest BCUT2D eigenvalue weighted by atomic mass is 9.98. The average molecular weight is 325 g/mol. The number of hydrogen-bond donors (Lipinski definition) is 1. The van der Waals surface area contributed by atoms with E-state index in [0.717, 1.165) is 35.0 Å². The molecule has 1 aromatic rings. The van der Waals surface area contributed by atoms with Gasteiger partial charge >= 0.3 is 0 Å². The minimum absolute atomic E-state index is 0.0422. The number of piperidine rings is 1. The minimum Gasteiger partial charge on any atom is -0.349 e. The van der Waals surface area contributed by atoms with Crippen molar-refractivity contribution in [2.45, 2.75) is 38.8 Å². The summed E-state index contributed by atoms with van der Waals surface area (Å²) in [6.45, 7) is 5.22. The molecule has 1 amide bonds. The molecule has 1 aliphatic rings. The summed E-state index contributed by atoms with van der Waals surface area (Å²) in [7, 11) is 2.14. The maximum absolute atomic E-state index is 12.3. The van der Waals surface area contributed by atoms with Gasteiger partial charge < -0.3 is 10.2 Å². The predicted molar refractivity (Wildman–Crippen MR) is 81.5 cm³/mol. The van der Waals surface area contributed by atoms with E-state index in [1.165, 1.54) is 0 Å². The fourth-order valence-corrected chi connectivity index (χ4v) is 2.90.